The Labute approximate surface area is 104 Å². The third-order valence-electron chi connectivity index (χ3n) is 4.24. The maximum absolute atomic E-state index is 6.51. The number of nitrogens with zero attached hydrogens (tertiary/aromatic N) is 1. The van der Waals surface area contributed by atoms with Gasteiger partial charge in [-0.1, -0.05) is 36.8 Å². The quantitative estimate of drug-likeness (QED) is 0.865. The Hall–Kier alpha value is -0.860. The van der Waals surface area contributed by atoms with E-state index in [1.807, 2.05) is 0 Å². The molecule has 0 radical (unpaired) electrons. The first-order chi connectivity index (χ1) is 8.30. The standard InChI is InChI=1S/C15H22N2/c16-15(9-10-15)14(13-7-3-1-4-8-13)17-11-5-2-6-12-17/h1,3-4,7-8,14H,2,5-6,9-12,16H2. The minimum Gasteiger partial charge on any atom is -0.323 e. The van der Waals surface area contributed by atoms with Gasteiger partial charge in [0.15, 0.2) is 0 Å². The molecular formula is C15H22N2. The molecule has 1 heterocycles. The summed E-state index contributed by atoms with van der Waals surface area (Å²) >= 11 is 0. The van der Waals surface area contributed by atoms with Crippen LogP contribution in [0.4, 0.5) is 0 Å². The van der Waals surface area contributed by atoms with Crippen molar-refractivity contribution in [3.63, 3.8) is 0 Å². The van der Waals surface area contributed by atoms with Gasteiger partial charge in [0.1, 0.15) is 0 Å². The predicted molar refractivity (Wildman–Crippen MR) is 70.8 cm³/mol. The molecule has 2 nitrogen and oxygen atoms in total. The fraction of sp³-hybridized carbons (Fsp3) is 0.600. The van der Waals surface area contributed by atoms with Crippen molar-refractivity contribution in [3.05, 3.63) is 35.9 Å². The highest BCUT2D eigenvalue weighted by molar-refractivity contribution is 5.27. The molecule has 92 valence electrons. The third kappa shape index (κ3) is 2.24. The molecule has 1 aromatic rings. The van der Waals surface area contributed by atoms with Crippen LogP contribution in [-0.2, 0) is 0 Å². The lowest BCUT2D eigenvalue weighted by molar-refractivity contribution is 0.135. The number of benzene rings is 1. The van der Waals surface area contributed by atoms with Gasteiger partial charge in [-0.15, -0.1) is 0 Å². The van der Waals surface area contributed by atoms with Crippen molar-refractivity contribution in [2.45, 2.75) is 43.7 Å². The molecule has 1 aliphatic heterocycles. The average Bonchev–Trinajstić information content (AvgIpc) is 3.11. The molecule has 1 aliphatic carbocycles. The molecule has 0 spiro atoms. The van der Waals surface area contributed by atoms with Gasteiger partial charge in [-0.05, 0) is 44.3 Å². The normalized spacial score (nSPS) is 25.5. The first kappa shape index (κ1) is 11.2. The highest BCUT2D eigenvalue weighted by Crippen LogP contribution is 2.47. The number of hydrogen-bond donors (Lipinski definition) is 1. The Balaban J connectivity index is 1.87. The van der Waals surface area contributed by atoms with E-state index >= 15 is 0 Å². The SMILES string of the molecule is NC1(C(c2ccccc2)N2CCCCC2)CC1. The summed E-state index contributed by atoms with van der Waals surface area (Å²) in [5.41, 5.74) is 7.98. The molecule has 2 fully saturated rings. The van der Waals surface area contributed by atoms with Crippen molar-refractivity contribution in [2.75, 3.05) is 13.1 Å². The van der Waals surface area contributed by atoms with E-state index in [2.05, 4.69) is 35.2 Å². The van der Waals surface area contributed by atoms with Crippen LogP contribution in [0.1, 0.15) is 43.7 Å². The summed E-state index contributed by atoms with van der Waals surface area (Å²) in [7, 11) is 0. The van der Waals surface area contributed by atoms with E-state index in [9.17, 15) is 0 Å². The van der Waals surface area contributed by atoms with Gasteiger partial charge in [0.2, 0.25) is 0 Å². The maximum atomic E-state index is 6.51. The van der Waals surface area contributed by atoms with Crippen LogP contribution in [0, 0.1) is 0 Å². The van der Waals surface area contributed by atoms with E-state index in [0.717, 1.165) is 0 Å². The van der Waals surface area contributed by atoms with Gasteiger partial charge < -0.3 is 5.73 Å². The molecule has 17 heavy (non-hydrogen) atoms. The van der Waals surface area contributed by atoms with E-state index in [-0.39, 0.29) is 5.54 Å². The molecule has 2 N–H and O–H groups in total. The zero-order chi connectivity index (χ0) is 11.7. The Morgan fingerprint density at radius 3 is 2.24 bits per heavy atom. The Morgan fingerprint density at radius 2 is 1.65 bits per heavy atom. The van der Waals surface area contributed by atoms with Crippen molar-refractivity contribution in [3.8, 4) is 0 Å². The van der Waals surface area contributed by atoms with E-state index in [4.69, 9.17) is 5.73 Å². The molecule has 2 heteroatoms. The first-order valence-corrected chi connectivity index (χ1v) is 6.87. The van der Waals surface area contributed by atoms with E-state index in [1.54, 1.807) is 0 Å². The average molecular weight is 230 g/mol. The van der Waals surface area contributed by atoms with Crippen molar-refractivity contribution < 1.29 is 0 Å². The van der Waals surface area contributed by atoms with Gasteiger partial charge in [-0.25, -0.2) is 0 Å². The summed E-state index contributed by atoms with van der Waals surface area (Å²) in [5.74, 6) is 0. The number of hydrogen-bond acceptors (Lipinski definition) is 2. The van der Waals surface area contributed by atoms with Gasteiger partial charge in [0, 0.05) is 5.54 Å². The summed E-state index contributed by atoms with van der Waals surface area (Å²) < 4.78 is 0. The monoisotopic (exact) mass is 230 g/mol. The van der Waals surface area contributed by atoms with Crippen molar-refractivity contribution in [2.24, 2.45) is 5.73 Å². The Morgan fingerprint density at radius 1 is 1.00 bits per heavy atom. The molecule has 3 rings (SSSR count). The number of rotatable bonds is 3. The highest BCUT2D eigenvalue weighted by Gasteiger charge is 2.48. The predicted octanol–water partition coefficient (Wildman–Crippen LogP) is 2.70. The van der Waals surface area contributed by atoms with Crippen molar-refractivity contribution in [1.29, 1.82) is 0 Å². The lowest BCUT2D eigenvalue weighted by Crippen LogP contribution is -2.45. The zero-order valence-electron chi connectivity index (χ0n) is 10.4. The fourth-order valence-corrected chi connectivity index (χ4v) is 3.14. The number of nitrogens with two attached hydrogens (primary N) is 1. The second-order valence-electron chi connectivity index (χ2n) is 5.64. The molecule has 1 saturated heterocycles. The smallest absolute Gasteiger partial charge is 0.0527 e. The molecular weight excluding hydrogens is 208 g/mol. The van der Waals surface area contributed by atoms with Gasteiger partial charge in [0.05, 0.1) is 6.04 Å². The topological polar surface area (TPSA) is 29.3 Å². The van der Waals surface area contributed by atoms with E-state index < -0.39 is 0 Å². The molecule has 1 aromatic carbocycles. The summed E-state index contributed by atoms with van der Waals surface area (Å²) in [5, 5.41) is 0. The van der Waals surface area contributed by atoms with E-state index in [0.29, 0.717) is 6.04 Å². The van der Waals surface area contributed by atoms with Crippen LogP contribution in [-0.4, -0.2) is 23.5 Å². The molecule has 1 atom stereocenters. The van der Waals surface area contributed by atoms with Crippen LogP contribution >= 0.6 is 0 Å². The minimum atomic E-state index is 0.0543. The molecule has 1 unspecified atom stereocenters. The van der Waals surface area contributed by atoms with Gasteiger partial charge in [-0.2, -0.15) is 0 Å². The second-order valence-corrected chi connectivity index (χ2v) is 5.64. The van der Waals surface area contributed by atoms with Gasteiger partial charge in [0.25, 0.3) is 0 Å². The first-order valence-electron chi connectivity index (χ1n) is 6.87. The zero-order valence-corrected chi connectivity index (χ0v) is 10.4. The molecule has 0 bridgehead atoms. The van der Waals surface area contributed by atoms with E-state index in [1.165, 1.54) is 50.8 Å². The molecule has 2 aliphatic rings. The summed E-state index contributed by atoms with van der Waals surface area (Å²) in [4.78, 5) is 2.62. The van der Waals surface area contributed by atoms with Crippen molar-refractivity contribution >= 4 is 0 Å². The third-order valence-corrected chi connectivity index (χ3v) is 4.24. The minimum absolute atomic E-state index is 0.0543. The molecule has 1 saturated carbocycles. The highest BCUT2D eigenvalue weighted by atomic mass is 15.2. The van der Waals surface area contributed by atoms with Crippen LogP contribution in [0.3, 0.4) is 0 Å². The summed E-state index contributed by atoms with van der Waals surface area (Å²) in [6.07, 6.45) is 6.42. The number of piperidine rings is 1. The fourth-order valence-electron chi connectivity index (χ4n) is 3.14. The maximum Gasteiger partial charge on any atom is 0.0527 e. The summed E-state index contributed by atoms with van der Waals surface area (Å²) in [6, 6.07) is 11.3. The number of likely N-dealkylation sites (tertiary alicyclic amines) is 1. The summed E-state index contributed by atoms with van der Waals surface area (Å²) in [6.45, 7) is 2.44. The van der Waals surface area contributed by atoms with Gasteiger partial charge in [-0.3, -0.25) is 4.90 Å². The van der Waals surface area contributed by atoms with Crippen LogP contribution < -0.4 is 5.73 Å². The lowest BCUT2D eigenvalue weighted by atomic mass is 9.94. The van der Waals surface area contributed by atoms with Crippen LogP contribution in [0.5, 0.6) is 0 Å². The molecule has 0 amide bonds. The lowest BCUT2D eigenvalue weighted by Gasteiger charge is -2.38. The molecule has 0 aromatic heterocycles. The Bertz CT molecular complexity index is 364. The second kappa shape index (κ2) is 4.43. The van der Waals surface area contributed by atoms with Gasteiger partial charge >= 0.3 is 0 Å². The van der Waals surface area contributed by atoms with Crippen LogP contribution in [0.25, 0.3) is 0 Å². The largest absolute Gasteiger partial charge is 0.323 e. The van der Waals surface area contributed by atoms with Crippen molar-refractivity contribution in [1.82, 2.24) is 4.90 Å². The van der Waals surface area contributed by atoms with Crippen LogP contribution in [0.15, 0.2) is 30.3 Å². The van der Waals surface area contributed by atoms with Crippen LogP contribution in [0.2, 0.25) is 0 Å². The Kier molecular flexibility index (Phi) is 2.93.